The van der Waals surface area contributed by atoms with Crippen molar-refractivity contribution in [1.82, 2.24) is 19.5 Å². The molecule has 0 radical (unpaired) electrons. The van der Waals surface area contributed by atoms with Crippen LogP contribution in [0, 0.1) is 5.82 Å². The molecule has 0 N–H and O–H groups in total. The molecule has 0 bridgehead atoms. The molecule has 0 unspecified atom stereocenters. The zero-order valence-electron chi connectivity index (χ0n) is 14.3. The Bertz CT molecular complexity index is 1130. The second-order valence-corrected chi connectivity index (χ2v) is 7.10. The van der Waals surface area contributed by atoms with E-state index in [0.717, 1.165) is 45.9 Å². The molecule has 0 aliphatic heterocycles. The predicted octanol–water partition coefficient (Wildman–Crippen LogP) is 4.83. The number of aromatic nitrogens is 4. The molecule has 3 aromatic heterocycles. The number of hydrogen-bond acceptors (Lipinski definition) is 4. The Morgan fingerprint density at radius 1 is 1.07 bits per heavy atom. The van der Waals surface area contributed by atoms with Crippen molar-refractivity contribution in [3.8, 4) is 22.5 Å². The number of imidazole rings is 1. The third-order valence-corrected chi connectivity index (χ3v) is 5.33. The number of rotatable bonds is 4. The van der Waals surface area contributed by atoms with Crippen molar-refractivity contribution >= 4 is 17.4 Å². The molecule has 0 saturated heterocycles. The first kappa shape index (κ1) is 16.1. The number of benzene rings is 1. The Morgan fingerprint density at radius 2 is 1.96 bits per heavy atom. The maximum atomic E-state index is 13.4. The van der Waals surface area contributed by atoms with Crippen LogP contribution in [0.2, 0.25) is 0 Å². The maximum Gasteiger partial charge on any atom is 0.123 e. The summed E-state index contributed by atoms with van der Waals surface area (Å²) < 4.78 is 15.5. The second kappa shape index (κ2) is 6.55. The monoisotopic (exact) mass is 374 g/mol. The number of hydrogen-bond donors (Lipinski definition) is 0. The summed E-state index contributed by atoms with van der Waals surface area (Å²) in [6.45, 7) is 0.633. The molecule has 0 spiro atoms. The Morgan fingerprint density at radius 3 is 2.78 bits per heavy atom. The highest BCUT2D eigenvalue weighted by Gasteiger charge is 2.21. The molecule has 3 heterocycles. The minimum Gasteiger partial charge on any atom is -0.324 e. The van der Waals surface area contributed by atoms with E-state index in [1.54, 1.807) is 23.5 Å². The van der Waals surface area contributed by atoms with Crippen molar-refractivity contribution < 1.29 is 4.39 Å². The van der Waals surface area contributed by atoms with Crippen LogP contribution in [0.4, 0.5) is 4.39 Å². The first-order chi connectivity index (χ1) is 13.3. The van der Waals surface area contributed by atoms with E-state index in [1.807, 2.05) is 29.5 Å². The molecule has 1 aliphatic carbocycles. The number of pyridine rings is 1. The van der Waals surface area contributed by atoms with E-state index < -0.39 is 0 Å². The first-order valence-corrected chi connectivity index (χ1v) is 9.57. The first-order valence-electron chi connectivity index (χ1n) is 8.62. The van der Waals surface area contributed by atoms with E-state index in [2.05, 4.69) is 31.7 Å². The van der Waals surface area contributed by atoms with E-state index in [1.165, 1.54) is 12.1 Å². The molecular formula is C21H15FN4S. The van der Waals surface area contributed by atoms with Crippen molar-refractivity contribution in [2.45, 2.75) is 13.0 Å². The molecule has 4 aromatic rings. The summed E-state index contributed by atoms with van der Waals surface area (Å²) in [5.41, 5.74) is 8.82. The van der Waals surface area contributed by atoms with Gasteiger partial charge in [-0.25, -0.2) is 14.4 Å². The van der Waals surface area contributed by atoms with Crippen LogP contribution in [0.5, 0.6) is 0 Å². The van der Waals surface area contributed by atoms with Crippen molar-refractivity contribution in [3.05, 3.63) is 82.6 Å². The van der Waals surface area contributed by atoms with Crippen LogP contribution in [0.3, 0.4) is 0 Å². The van der Waals surface area contributed by atoms with Gasteiger partial charge in [-0.1, -0.05) is 12.2 Å². The van der Waals surface area contributed by atoms with Gasteiger partial charge in [-0.2, -0.15) is 0 Å². The molecule has 1 aliphatic rings. The summed E-state index contributed by atoms with van der Waals surface area (Å²) >= 11 is 1.58. The highest BCUT2D eigenvalue weighted by atomic mass is 32.1. The predicted molar refractivity (Wildman–Crippen MR) is 105 cm³/mol. The maximum absolute atomic E-state index is 13.4. The highest BCUT2D eigenvalue weighted by Crippen LogP contribution is 2.36. The van der Waals surface area contributed by atoms with Gasteiger partial charge in [0.15, 0.2) is 0 Å². The summed E-state index contributed by atoms with van der Waals surface area (Å²) in [7, 11) is 0. The van der Waals surface area contributed by atoms with Crippen LogP contribution in [-0.4, -0.2) is 19.5 Å². The smallest absolute Gasteiger partial charge is 0.123 e. The van der Waals surface area contributed by atoms with Gasteiger partial charge in [0.25, 0.3) is 0 Å². The normalized spacial score (nSPS) is 12.5. The minimum atomic E-state index is -0.255. The molecule has 132 valence electrons. The fourth-order valence-corrected chi connectivity index (χ4v) is 4.00. The summed E-state index contributed by atoms with van der Waals surface area (Å²) in [6, 6.07) is 8.50. The summed E-state index contributed by atoms with van der Waals surface area (Å²) in [4.78, 5) is 13.6. The molecule has 4 nitrogen and oxygen atoms in total. The average molecular weight is 374 g/mol. The lowest BCUT2D eigenvalue weighted by Crippen LogP contribution is -2.03. The van der Waals surface area contributed by atoms with Crippen LogP contribution < -0.4 is 0 Å². The lowest BCUT2D eigenvalue weighted by molar-refractivity contribution is 0.628. The zero-order valence-corrected chi connectivity index (χ0v) is 15.2. The van der Waals surface area contributed by atoms with Crippen LogP contribution in [0.15, 0.2) is 59.8 Å². The molecule has 0 saturated carbocycles. The van der Waals surface area contributed by atoms with E-state index in [4.69, 9.17) is 0 Å². The number of halogens is 1. The van der Waals surface area contributed by atoms with Crippen molar-refractivity contribution in [1.29, 1.82) is 0 Å². The standard InChI is InChI=1S/C21H15FN4S/c22-15-6-4-14(5-7-15)20-21(18-8-9-23-19-3-1-2-17(18)19)26(12-24-20)10-16-11-27-13-25-16/h1-2,4-9,11-13H,3,10H2. The van der Waals surface area contributed by atoms with Gasteiger partial charge in [-0.05, 0) is 30.3 Å². The topological polar surface area (TPSA) is 43.6 Å². The highest BCUT2D eigenvalue weighted by molar-refractivity contribution is 7.07. The molecule has 0 fully saturated rings. The summed E-state index contributed by atoms with van der Waals surface area (Å²) in [5, 5.41) is 2.04. The second-order valence-electron chi connectivity index (χ2n) is 6.38. The third kappa shape index (κ3) is 2.88. The molecule has 0 amide bonds. The zero-order chi connectivity index (χ0) is 18.2. The van der Waals surface area contributed by atoms with E-state index in [-0.39, 0.29) is 5.82 Å². The minimum absolute atomic E-state index is 0.255. The number of allylic oxidation sites excluding steroid dienone is 1. The largest absolute Gasteiger partial charge is 0.324 e. The Labute approximate surface area is 159 Å². The SMILES string of the molecule is Fc1ccc(-c2ncn(Cc3cscn3)c2-c2ccnc3c2C=CC3)cc1. The van der Waals surface area contributed by atoms with Crippen molar-refractivity contribution in [2.24, 2.45) is 0 Å². The van der Waals surface area contributed by atoms with Crippen LogP contribution in [-0.2, 0) is 13.0 Å². The van der Waals surface area contributed by atoms with Crippen molar-refractivity contribution in [2.75, 3.05) is 0 Å². The van der Waals surface area contributed by atoms with E-state index >= 15 is 0 Å². The van der Waals surface area contributed by atoms with E-state index in [0.29, 0.717) is 6.54 Å². The fourth-order valence-electron chi connectivity index (χ4n) is 3.45. The quantitative estimate of drug-likeness (QED) is 0.514. The fraction of sp³-hybridized carbons (Fsp3) is 0.0952. The molecular weight excluding hydrogens is 359 g/mol. The molecule has 1 aromatic carbocycles. The number of fused-ring (bicyclic) bond motifs is 1. The van der Waals surface area contributed by atoms with Crippen molar-refractivity contribution in [3.63, 3.8) is 0 Å². The van der Waals surface area contributed by atoms with Crippen LogP contribution >= 0.6 is 11.3 Å². The lowest BCUT2D eigenvalue weighted by Gasteiger charge is -2.13. The summed E-state index contributed by atoms with van der Waals surface area (Å²) in [5.74, 6) is -0.255. The average Bonchev–Trinajstić information content (AvgIpc) is 3.43. The molecule has 5 rings (SSSR count). The van der Waals surface area contributed by atoms with Gasteiger partial charge in [0.05, 0.1) is 41.2 Å². The lowest BCUT2D eigenvalue weighted by atomic mass is 10.0. The molecule has 0 atom stereocenters. The molecule has 27 heavy (non-hydrogen) atoms. The number of nitrogens with zero attached hydrogens (tertiary/aromatic N) is 4. The van der Waals surface area contributed by atoms with Gasteiger partial charge in [0.2, 0.25) is 0 Å². The van der Waals surface area contributed by atoms with Crippen LogP contribution in [0.25, 0.3) is 28.6 Å². The van der Waals surface area contributed by atoms with E-state index in [9.17, 15) is 4.39 Å². The Kier molecular flexibility index (Phi) is 3.90. The van der Waals surface area contributed by atoms with Gasteiger partial charge in [0, 0.05) is 34.7 Å². The molecule has 6 heteroatoms. The van der Waals surface area contributed by atoms with Gasteiger partial charge < -0.3 is 4.57 Å². The van der Waals surface area contributed by atoms with Gasteiger partial charge in [0.1, 0.15) is 5.82 Å². The van der Waals surface area contributed by atoms with Gasteiger partial charge in [-0.15, -0.1) is 11.3 Å². The van der Waals surface area contributed by atoms with Gasteiger partial charge in [-0.3, -0.25) is 4.98 Å². The number of thiazole rings is 1. The third-order valence-electron chi connectivity index (χ3n) is 4.69. The Balaban J connectivity index is 1.71. The van der Waals surface area contributed by atoms with Gasteiger partial charge >= 0.3 is 0 Å². The Hall–Kier alpha value is -3.12. The van der Waals surface area contributed by atoms with Crippen LogP contribution in [0.1, 0.15) is 17.0 Å². The summed E-state index contributed by atoms with van der Waals surface area (Å²) in [6.07, 6.45) is 8.76.